The van der Waals surface area contributed by atoms with Gasteiger partial charge in [-0.1, -0.05) is 0 Å². The Balaban J connectivity index is 2.26. The van der Waals surface area contributed by atoms with Crippen molar-refractivity contribution in [2.45, 2.75) is 18.9 Å². The zero-order valence-corrected chi connectivity index (χ0v) is 10.8. The van der Waals surface area contributed by atoms with Gasteiger partial charge in [-0.15, -0.1) is 0 Å². The van der Waals surface area contributed by atoms with Gasteiger partial charge in [0.05, 0.1) is 12.6 Å². The van der Waals surface area contributed by atoms with Crippen LogP contribution >= 0.6 is 0 Å². The van der Waals surface area contributed by atoms with Crippen molar-refractivity contribution in [1.29, 1.82) is 0 Å². The Kier molecular flexibility index (Phi) is 6.07. The summed E-state index contributed by atoms with van der Waals surface area (Å²) in [5.74, 6) is -1.66. The fourth-order valence-electron chi connectivity index (χ4n) is 1.82. The minimum Gasteiger partial charge on any atom is -0.480 e. The van der Waals surface area contributed by atoms with E-state index in [0.29, 0.717) is 13.1 Å². The summed E-state index contributed by atoms with van der Waals surface area (Å²) in [5, 5.41) is 13.0. The number of methoxy groups -OCH3 is 1. The molecule has 0 aromatic heterocycles. The highest BCUT2D eigenvalue weighted by atomic mass is 16.5. The number of carboxylic acids is 1. The molecule has 8 heteroatoms. The van der Waals surface area contributed by atoms with Gasteiger partial charge in [-0.25, -0.2) is 4.79 Å². The summed E-state index contributed by atoms with van der Waals surface area (Å²) in [5.41, 5.74) is 0. The van der Waals surface area contributed by atoms with Crippen molar-refractivity contribution in [3.8, 4) is 0 Å². The highest BCUT2D eigenvalue weighted by Gasteiger charge is 2.23. The van der Waals surface area contributed by atoms with E-state index in [1.54, 1.807) is 12.0 Å². The minimum atomic E-state index is -1.13. The van der Waals surface area contributed by atoms with Gasteiger partial charge in [0.25, 0.3) is 0 Å². The Hall–Kier alpha value is -1.83. The lowest BCUT2D eigenvalue weighted by atomic mass is 10.1. The van der Waals surface area contributed by atoms with Gasteiger partial charge in [0, 0.05) is 20.2 Å². The van der Waals surface area contributed by atoms with Gasteiger partial charge in [0.1, 0.15) is 6.54 Å². The first kappa shape index (κ1) is 15.2. The van der Waals surface area contributed by atoms with E-state index < -0.39 is 18.4 Å². The molecule has 19 heavy (non-hydrogen) atoms. The molecule has 0 bridgehead atoms. The number of likely N-dealkylation sites (tertiary alicyclic amines) is 1. The molecule has 1 aliphatic heterocycles. The first-order chi connectivity index (χ1) is 9.02. The van der Waals surface area contributed by atoms with Crippen molar-refractivity contribution < 1.29 is 24.2 Å². The third-order valence-corrected chi connectivity index (χ3v) is 2.84. The summed E-state index contributed by atoms with van der Waals surface area (Å²) >= 11 is 0. The summed E-state index contributed by atoms with van der Waals surface area (Å²) in [6, 6.07) is -0.341. The zero-order valence-electron chi connectivity index (χ0n) is 10.8. The maximum atomic E-state index is 11.8. The Labute approximate surface area is 111 Å². The van der Waals surface area contributed by atoms with Crippen LogP contribution in [0.1, 0.15) is 12.8 Å². The van der Waals surface area contributed by atoms with E-state index in [9.17, 15) is 14.4 Å². The monoisotopic (exact) mass is 273 g/mol. The molecule has 1 atom stereocenters. The van der Waals surface area contributed by atoms with Crippen LogP contribution in [-0.2, 0) is 14.3 Å². The summed E-state index contributed by atoms with van der Waals surface area (Å²) in [4.78, 5) is 34.8. The van der Waals surface area contributed by atoms with Gasteiger partial charge in [-0.05, 0) is 12.8 Å². The number of carbonyl (C=O) groups excluding carboxylic acids is 2. The average Bonchev–Trinajstić information content (AvgIpc) is 2.42. The molecule has 0 aromatic rings. The van der Waals surface area contributed by atoms with Crippen molar-refractivity contribution in [1.82, 2.24) is 15.5 Å². The van der Waals surface area contributed by atoms with E-state index in [-0.39, 0.29) is 18.7 Å². The second-order valence-electron chi connectivity index (χ2n) is 4.28. The molecule has 1 heterocycles. The van der Waals surface area contributed by atoms with E-state index in [1.165, 1.54) is 0 Å². The van der Waals surface area contributed by atoms with Gasteiger partial charge in [-0.2, -0.15) is 0 Å². The van der Waals surface area contributed by atoms with Crippen molar-refractivity contribution >= 4 is 17.9 Å². The van der Waals surface area contributed by atoms with Crippen molar-refractivity contribution in [3.63, 3.8) is 0 Å². The van der Waals surface area contributed by atoms with E-state index >= 15 is 0 Å². The fraction of sp³-hybridized carbons (Fsp3) is 0.727. The van der Waals surface area contributed by atoms with E-state index in [0.717, 1.165) is 12.8 Å². The van der Waals surface area contributed by atoms with Crippen LogP contribution in [0.4, 0.5) is 4.79 Å². The minimum absolute atomic E-state index is 0.0281. The Morgan fingerprint density at radius 2 is 2.05 bits per heavy atom. The third kappa shape index (κ3) is 5.56. The highest BCUT2D eigenvalue weighted by Crippen LogP contribution is 2.12. The van der Waals surface area contributed by atoms with Crippen LogP contribution in [0.25, 0.3) is 0 Å². The molecule has 1 fully saturated rings. The first-order valence-corrected chi connectivity index (χ1v) is 6.07. The summed E-state index contributed by atoms with van der Waals surface area (Å²) < 4.78 is 5.20. The van der Waals surface area contributed by atoms with Crippen molar-refractivity contribution in [2.75, 3.05) is 33.3 Å². The van der Waals surface area contributed by atoms with Crippen molar-refractivity contribution in [3.05, 3.63) is 0 Å². The fourth-order valence-corrected chi connectivity index (χ4v) is 1.82. The number of hydrogen-bond acceptors (Lipinski definition) is 4. The van der Waals surface area contributed by atoms with Crippen LogP contribution in [0.15, 0.2) is 0 Å². The van der Waals surface area contributed by atoms with Crippen LogP contribution in [0, 0.1) is 0 Å². The highest BCUT2D eigenvalue weighted by molar-refractivity contribution is 5.86. The Morgan fingerprint density at radius 3 is 2.68 bits per heavy atom. The zero-order chi connectivity index (χ0) is 14.3. The van der Waals surface area contributed by atoms with Gasteiger partial charge >= 0.3 is 12.0 Å². The number of carboxylic acid groups (broad SMARTS) is 1. The molecule has 1 aliphatic rings. The number of piperidine rings is 1. The predicted octanol–water partition coefficient (Wildman–Crippen LogP) is -0.992. The molecule has 1 unspecified atom stereocenters. The molecule has 0 aliphatic carbocycles. The lowest BCUT2D eigenvalue weighted by Crippen LogP contribution is -2.49. The third-order valence-electron chi connectivity index (χ3n) is 2.84. The standard InChI is InChI=1S/C11H19N3O5/c1-19-8-3-2-4-14(7-8)11(18)13-5-9(15)12-6-10(16)17/h8H,2-7H2,1H3,(H,12,15)(H,13,18)(H,16,17). The smallest absolute Gasteiger partial charge is 0.322 e. The SMILES string of the molecule is COC1CCCN(C(=O)NCC(=O)NCC(=O)O)C1. The molecule has 108 valence electrons. The lowest BCUT2D eigenvalue weighted by molar-refractivity contribution is -0.137. The number of amides is 3. The second-order valence-corrected chi connectivity index (χ2v) is 4.28. The molecule has 0 radical (unpaired) electrons. The number of urea groups is 1. The predicted molar refractivity (Wildman–Crippen MR) is 65.6 cm³/mol. The Bertz CT molecular complexity index is 347. The van der Waals surface area contributed by atoms with E-state index in [2.05, 4.69) is 10.6 Å². The van der Waals surface area contributed by atoms with Crippen molar-refractivity contribution in [2.24, 2.45) is 0 Å². The maximum Gasteiger partial charge on any atom is 0.322 e. The van der Waals surface area contributed by atoms with Crippen LogP contribution in [-0.4, -0.2) is 67.3 Å². The largest absolute Gasteiger partial charge is 0.480 e. The number of aliphatic carboxylic acids is 1. The molecule has 8 nitrogen and oxygen atoms in total. The first-order valence-electron chi connectivity index (χ1n) is 6.07. The summed E-state index contributed by atoms with van der Waals surface area (Å²) in [6.07, 6.45) is 1.80. The number of hydrogen-bond donors (Lipinski definition) is 3. The maximum absolute atomic E-state index is 11.8. The molecule has 0 spiro atoms. The molecule has 1 rings (SSSR count). The normalized spacial score (nSPS) is 18.8. The second kappa shape index (κ2) is 7.57. The number of nitrogens with zero attached hydrogens (tertiary/aromatic N) is 1. The Morgan fingerprint density at radius 1 is 1.32 bits per heavy atom. The lowest BCUT2D eigenvalue weighted by Gasteiger charge is -2.31. The molecule has 0 aromatic carbocycles. The number of ether oxygens (including phenoxy) is 1. The van der Waals surface area contributed by atoms with Gasteiger partial charge in [-0.3, -0.25) is 9.59 Å². The summed E-state index contributed by atoms with van der Waals surface area (Å²) in [6.45, 7) is 0.436. The molecule has 0 saturated carbocycles. The van der Waals surface area contributed by atoms with Gasteiger partial charge < -0.3 is 25.4 Å². The number of nitrogens with one attached hydrogen (secondary N) is 2. The van der Waals surface area contributed by atoms with Crippen LogP contribution in [0.5, 0.6) is 0 Å². The summed E-state index contributed by atoms with van der Waals surface area (Å²) in [7, 11) is 1.60. The molecule has 3 N–H and O–H groups in total. The average molecular weight is 273 g/mol. The van der Waals surface area contributed by atoms with E-state index in [1.807, 2.05) is 0 Å². The number of rotatable bonds is 5. The molecular weight excluding hydrogens is 254 g/mol. The topological polar surface area (TPSA) is 108 Å². The molecule has 3 amide bonds. The van der Waals surface area contributed by atoms with Crippen LogP contribution in [0.3, 0.4) is 0 Å². The van der Waals surface area contributed by atoms with Gasteiger partial charge in [0.2, 0.25) is 5.91 Å². The molecular formula is C11H19N3O5. The molecule has 1 saturated heterocycles. The van der Waals surface area contributed by atoms with Crippen LogP contribution in [0.2, 0.25) is 0 Å². The quantitative estimate of drug-likeness (QED) is 0.596. The van der Waals surface area contributed by atoms with E-state index in [4.69, 9.17) is 9.84 Å². The number of carbonyl (C=O) groups is 3. The van der Waals surface area contributed by atoms with Crippen LogP contribution < -0.4 is 10.6 Å². The van der Waals surface area contributed by atoms with Gasteiger partial charge in [0.15, 0.2) is 0 Å².